The van der Waals surface area contributed by atoms with Crippen molar-refractivity contribution < 1.29 is 0 Å². The lowest BCUT2D eigenvalue weighted by Gasteiger charge is -2.24. The summed E-state index contributed by atoms with van der Waals surface area (Å²) in [5.74, 6) is 0. The molecule has 0 saturated carbocycles. The van der Waals surface area contributed by atoms with Crippen LogP contribution < -0.4 is 0 Å². The van der Waals surface area contributed by atoms with E-state index in [1.54, 1.807) is 0 Å². The van der Waals surface area contributed by atoms with Crippen LogP contribution in [-0.2, 0) is 0 Å². The lowest BCUT2D eigenvalue weighted by Crippen LogP contribution is -2.12. The van der Waals surface area contributed by atoms with Crippen LogP contribution in [-0.4, -0.2) is 0 Å². The van der Waals surface area contributed by atoms with Gasteiger partial charge in [0.2, 0.25) is 0 Å². The summed E-state index contributed by atoms with van der Waals surface area (Å²) in [4.78, 5) is 0. The highest BCUT2D eigenvalue weighted by Crippen LogP contribution is 2.30. The van der Waals surface area contributed by atoms with Gasteiger partial charge in [0.25, 0.3) is 0 Å². The molecule has 0 nitrogen and oxygen atoms in total. The Hall–Kier alpha value is 0. The lowest BCUT2D eigenvalue weighted by molar-refractivity contribution is 0.275. The van der Waals surface area contributed by atoms with Gasteiger partial charge in [0.15, 0.2) is 0 Å². The molecule has 0 aromatic carbocycles. The highest BCUT2D eigenvalue weighted by molar-refractivity contribution is 4.68. The second-order valence-electron chi connectivity index (χ2n) is 18.3. The van der Waals surface area contributed by atoms with Crippen molar-refractivity contribution in [2.75, 3.05) is 0 Å². The Balaban J connectivity index is -0.000000204. The SMILES string of the molecule is C.CC(C)(C)CCC(C)(C)C.CC(C)(C)CCCCC(C)(C)C.CC(C)(C)CCCCC(C)(C)C. The molecule has 0 saturated heterocycles. The number of unbranched alkanes of at least 4 members (excludes halogenated alkanes) is 2. The van der Waals surface area contributed by atoms with Crippen molar-refractivity contribution in [3.05, 3.63) is 0 Å². The van der Waals surface area contributed by atoms with Crippen LogP contribution in [0.1, 0.15) is 196 Å². The molecule has 0 N–H and O–H groups in total. The molecule has 0 heteroatoms. The van der Waals surface area contributed by atoms with Crippen LogP contribution in [0.25, 0.3) is 0 Å². The maximum Gasteiger partial charge on any atom is -0.0382 e. The monoisotopic (exact) mass is 499 g/mol. The van der Waals surface area contributed by atoms with E-state index in [4.69, 9.17) is 0 Å². The summed E-state index contributed by atoms with van der Waals surface area (Å²) in [6.07, 6.45) is 13.7. The molecule has 0 unspecified atom stereocenters. The molecule has 0 aliphatic rings. The maximum absolute atomic E-state index is 2.32. The van der Waals surface area contributed by atoms with Crippen LogP contribution in [0.5, 0.6) is 0 Å². The fourth-order valence-corrected chi connectivity index (χ4v) is 3.37. The molecule has 0 aliphatic heterocycles. The predicted molar refractivity (Wildman–Crippen MR) is 170 cm³/mol. The zero-order valence-electron chi connectivity index (χ0n) is 28.1. The summed E-state index contributed by atoms with van der Waals surface area (Å²) in [6, 6.07) is 0. The molecular weight excluding hydrogens is 420 g/mol. The van der Waals surface area contributed by atoms with Gasteiger partial charge in [-0.3, -0.25) is 0 Å². The Labute approximate surface area is 228 Å². The molecular formula is C35H78. The Morgan fingerprint density at radius 2 is 0.343 bits per heavy atom. The fraction of sp³-hybridized carbons (Fsp3) is 1.00. The molecule has 35 heavy (non-hydrogen) atoms. The molecule has 0 aliphatic carbocycles. The summed E-state index contributed by atoms with van der Waals surface area (Å²) >= 11 is 0. The van der Waals surface area contributed by atoms with Crippen molar-refractivity contribution in [1.82, 2.24) is 0 Å². The Kier molecular flexibility index (Phi) is 21.0. The van der Waals surface area contributed by atoms with E-state index in [1.165, 1.54) is 64.2 Å². The molecule has 0 fully saturated rings. The van der Waals surface area contributed by atoms with Crippen molar-refractivity contribution in [2.24, 2.45) is 32.5 Å². The fourth-order valence-electron chi connectivity index (χ4n) is 3.37. The molecule has 0 spiro atoms. The van der Waals surface area contributed by atoms with Crippen LogP contribution in [0, 0.1) is 32.5 Å². The largest absolute Gasteiger partial charge is 0.0776 e. The molecule has 0 aromatic rings. The van der Waals surface area contributed by atoms with Gasteiger partial charge in [0.05, 0.1) is 0 Å². The second kappa shape index (κ2) is 17.5. The van der Waals surface area contributed by atoms with E-state index in [-0.39, 0.29) is 7.43 Å². The van der Waals surface area contributed by atoms with Crippen LogP contribution in [0.2, 0.25) is 0 Å². The van der Waals surface area contributed by atoms with Crippen molar-refractivity contribution in [3.63, 3.8) is 0 Å². The van der Waals surface area contributed by atoms with E-state index >= 15 is 0 Å². The van der Waals surface area contributed by atoms with E-state index in [2.05, 4.69) is 125 Å². The van der Waals surface area contributed by atoms with Gasteiger partial charge in [0.1, 0.15) is 0 Å². The third-order valence-electron chi connectivity index (χ3n) is 5.83. The van der Waals surface area contributed by atoms with E-state index in [1.807, 2.05) is 0 Å². The van der Waals surface area contributed by atoms with Gasteiger partial charge < -0.3 is 0 Å². The summed E-state index contributed by atoms with van der Waals surface area (Å²) < 4.78 is 0. The van der Waals surface area contributed by atoms with Crippen molar-refractivity contribution in [3.8, 4) is 0 Å². The Morgan fingerprint density at radius 3 is 0.429 bits per heavy atom. The van der Waals surface area contributed by atoms with E-state index < -0.39 is 0 Å². The van der Waals surface area contributed by atoms with E-state index in [0.29, 0.717) is 32.5 Å². The lowest BCUT2D eigenvalue weighted by atomic mass is 9.81. The first-order valence-electron chi connectivity index (χ1n) is 14.6. The topological polar surface area (TPSA) is 0 Å². The van der Waals surface area contributed by atoms with Gasteiger partial charge in [-0.1, -0.05) is 158 Å². The minimum Gasteiger partial charge on any atom is -0.0776 e. The average molecular weight is 499 g/mol. The number of hydrogen-bond donors (Lipinski definition) is 0. The van der Waals surface area contributed by atoms with Crippen molar-refractivity contribution >= 4 is 0 Å². The number of rotatable bonds is 7. The zero-order chi connectivity index (χ0) is 28.1. The standard InChI is InChI=1S/2C12H26.C10H22.CH4/c2*1-11(2,3)9-7-8-10-12(4,5)6;1-9(2,3)7-8-10(4,5)6;/h2*7-10H2,1-6H3;7-8H2,1-6H3;1H4. The highest BCUT2D eigenvalue weighted by atomic mass is 14.2. The van der Waals surface area contributed by atoms with Gasteiger partial charge in [-0.05, 0) is 71.0 Å². The predicted octanol–water partition coefficient (Wildman–Crippen LogP) is 13.8. The summed E-state index contributed by atoms with van der Waals surface area (Å²) in [6.45, 7) is 41.7. The zero-order valence-corrected chi connectivity index (χ0v) is 28.1. The molecule has 0 aromatic heterocycles. The van der Waals surface area contributed by atoms with Gasteiger partial charge in [-0.15, -0.1) is 0 Å². The summed E-state index contributed by atoms with van der Waals surface area (Å²) in [7, 11) is 0. The Morgan fingerprint density at radius 1 is 0.229 bits per heavy atom. The van der Waals surface area contributed by atoms with Gasteiger partial charge in [-0.2, -0.15) is 0 Å². The number of hydrogen-bond acceptors (Lipinski definition) is 0. The van der Waals surface area contributed by atoms with Gasteiger partial charge in [0, 0.05) is 0 Å². The Bertz CT molecular complexity index is 373. The maximum atomic E-state index is 2.32. The molecule has 0 rings (SSSR count). The molecule has 0 heterocycles. The third-order valence-corrected chi connectivity index (χ3v) is 5.83. The third kappa shape index (κ3) is 55.7. The summed E-state index contributed by atoms with van der Waals surface area (Å²) in [5, 5.41) is 0. The average Bonchev–Trinajstić information content (AvgIpc) is 2.51. The molecule has 218 valence electrons. The minimum absolute atomic E-state index is 0. The quantitative estimate of drug-likeness (QED) is 0.306. The minimum atomic E-state index is 0. The molecule has 0 bridgehead atoms. The first-order chi connectivity index (χ1) is 14.6. The normalized spacial score (nSPS) is 13.2. The first-order valence-corrected chi connectivity index (χ1v) is 14.6. The highest BCUT2D eigenvalue weighted by Gasteiger charge is 2.16. The van der Waals surface area contributed by atoms with E-state index in [9.17, 15) is 0 Å². The van der Waals surface area contributed by atoms with Gasteiger partial charge >= 0.3 is 0 Å². The van der Waals surface area contributed by atoms with Crippen LogP contribution in [0.3, 0.4) is 0 Å². The summed E-state index contributed by atoms with van der Waals surface area (Å²) in [5.41, 5.74) is 3.12. The molecule has 0 radical (unpaired) electrons. The first kappa shape index (κ1) is 42.1. The smallest absolute Gasteiger partial charge is 0.0382 e. The van der Waals surface area contributed by atoms with Crippen molar-refractivity contribution in [2.45, 2.75) is 196 Å². The van der Waals surface area contributed by atoms with Crippen molar-refractivity contribution in [1.29, 1.82) is 0 Å². The molecule has 0 amide bonds. The second-order valence-corrected chi connectivity index (χ2v) is 18.3. The van der Waals surface area contributed by atoms with Gasteiger partial charge in [-0.25, -0.2) is 0 Å². The van der Waals surface area contributed by atoms with E-state index in [0.717, 1.165) is 0 Å². The van der Waals surface area contributed by atoms with Crippen LogP contribution in [0.4, 0.5) is 0 Å². The molecule has 0 atom stereocenters. The van der Waals surface area contributed by atoms with Crippen LogP contribution in [0.15, 0.2) is 0 Å². The van der Waals surface area contributed by atoms with Crippen LogP contribution >= 0.6 is 0 Å².